The highest BCUT2D eigenvalue weighted by Gasteiger charge is 2.24. The molecular weight excluding hydrogens is 383 g/mol. The number of benzene rings is 2. The van der Waals surface area contributed by atoms with E-state index >= 15 is 0 Å². The number of imidazole rings is 1. The molecule has 2 aromatic carbocycles. The van der Waals surface area contributed by atoms with E-state index in [0.717, 1.165) is 6.54 Å². The number of halogens is 1. The van der Waals surface area contributed by atoms with E-state index in [1.165, 1.54) is 28.3 Å². The average molecular weight is 404 g/mol. The summed E-state index contributed by atoms with van der Waals surface area (Å²) in [6.07, 6.45) is 0. The molecule has 0 radical (unpaired) electrons. The van der Waals surface area contributed by atoms with Crippen LogP contribution in [-0.4, -0.2) is 4.57 Å². The van der Waals surface area contributed by atoms with Gasteiger partial charge in [0.25, 0.3) is 5.82 Å². The monoisotopic (exact) mass is 404 g/mol. The van der Waals surface area contributed by atoms with Crippen molar-refractivity contribution in [2.75, 3.05) is 0 Å². The molecule has 114 valence electrons. The van der Waals surface area contributed by atoms with Gasteiger partial charge >= 0.3 is 0 Å². The summed E-state index contributed by atoms with van der Waals surface area (Å²) >= 11 is 0. The first kappa shape index (κ1) is 16.7. The highest BCUT2D eigenvalue weighted by molar-refractivity contribution is 5.53. The van der Waals surface area contributed by atoms with Crippen LogP contribution in [0.2, 0.25) is 0 Å². The Kier molecular flexibility index (Phi) is 5.40. The molecule has 0 aliphatic rings. The molecular formula is C19H21IN2. The van der Waals surface area contributed by atoms with Gasteiger partial charge in [0.2, 0.25) is 0 Å². The van der Waals surface area contributed by atoms with Crippen LogP contribution in [0.25, 0.3) is 11.4 Å². The summed E-state index contributed by atoms with van der Waals surface area (Å²) in [5.74, 6) is 1.26. The Bertz CT molecular complexity index is 746. The largest absolute Gasteiger partial charge is 1.00 e. The fourth-order valence-corrected chi connectivity index (χ4v) is 2.83. The molecule has 0 bridgehead atoms. The van der Waals surface area contributed by atoms with Gasteiger partial charge in [0.05, 0.1) is 12.6 Å². The van der Waals surface area contributed by atoms with Gasteiger partial charge in [-0.05, 0) is 17.7 Å². The van der Waals surface area contributed by atoms with Crippen LogP contribution >= 0.6 is 0 Å². The molecule has 3 aromatic rings. The molecule has 2 nitrogen and oxygen atoms in total. The van der Waals surface area contributed by atoms with E-state index in [0.29, 0.717) is 0 Å². The summed E-state index contributed by atoms with van der Waals surface area (Å²) < 4.78 is 4.69. The average Bonchev–Trinajstić information content (AvgIpc) is 2.74. The van der Waals surface area contributed by atoms with E-state index in [4.69, 9.17) is 0 Å². The summed E-state index contributed by atoms with van der Waals surface area (Å²) in [5.41, 5.74) is 5.21. The van der Waals surface area contributed by atoms with Gasteiger partial charge in [-0.25, -0.2) is 9.13 Å². The Hall–Kier alpha value is -1.62. The lowest BCUT2D eigenvalue weighted by atomic mass is 10.2. The Morgan fingerprint density at radius 1 is 0.864 bits per heavy atom. The fourth-order valence-electron chi connectivity index (χ4n) is 2.83. The predicted octanol–water partition coefficient (Wildman–Crippen LogP) is 0.649. The summed E-state index contributed by atoms with van der Waals surface area (Å²) in [4.78, 5) is 0. The molecule has 0 spiro atoms. The number of nitrogens with zero attached hydrogens (tertiary/aromatic N) is 2. The second kappa shape index (κ2) is 7.09. The molecule has 0 amide bonds. The first-order chi connectivity index (χ1) is 10.2. The second-order valence-electron chi connectivity index (χ2n) is 5.49. The maximum absolute atomic E-state index is 2.40. The SMILES string of the molecule is Cc1c(C)[n+](C)c(-c2ccccc2)n1Cc1ccccc1.[I-]. The normalized spacial score (nSPS) is 10.3. The van der Waals surface area contributed by atoms with Gasteiger partial charge in [0, 0.05) is 13.8 Å². The van der Waals surface area contributed by atoms with Crippen molar-refractivity contribution in [2.45, 2.75) is 20.4 Å². The summed E-state index contributed by atoms with van der Waals surface area (Å²) in [6.45, 7) is 5.28. The Labute approximate surface area is 149 Å². The summed E-state index contributed by atoms with van der Waals surface area (Å²) in [7, 11) is 2.14. The lowest BCUT2D eigenvalue weighted by Crippen LogP contribution is -3.00. The van der Waals surface area contributed by atoms with Crippen LogP contribution in [0.1, 0.15) is 17.0 Å². The van der Waals surface area contributed by atoms with Gasteiger partial charge in [-0.15, -0.1) is 0 Å². The van der Waals surface area contributed by atoms with Crippen LogP contribution < -0.4 is 28.5 Å². The van der Waals surface area contributed by atoms with Crippen molar-refractivity contribution in [1.29, 1.82) is 0 Å². The van der Waals surface area contributed by atoms with Crippen molar-refractivity contribution in [3.05, 3.63) is 77.6 Å². The lowest BCUT2D eigenvalue weighted by molar-refractivity contribution is -0.665. The van der Waals surface area contributed by atoms with Crippen LogP contribution in [0.5, 0.6) is 0 Å². The zero-order chi connectivity index (χ0) is 14.8. The molecule has 3 rings (SSSR count). The van der Waals surface area contributed by atoms with Gasteiger partial charge in [-0.1, -0.05) is 48.5 Å². The quantitative estimate of drug-likeness (QED) is 0.448. The van der Waals surface area contributed by atoms with Crippen molar-refractivity contribution in [2.24, 2.45) is 7.05 Å². The van der Waals surface area contributed by atoms with Crippen LogP contribution in [0.4, 0.5) is 0 Å². The highest BCUT2D eigenvalue weighted by atomic mass is 127. The molecule has 0 saturated heterocycles. The Balaban J connectivity index is 0.00000176. The number of rotatable bonds is 3. The smallest absolute Gasteiger partial charge is 0.289 e. The molecule has 0 aliphatic carbocycles. The summed E-state index contributed by atoms with van der Waals surface area (Å²) in [6, 6.07) is 21.2. The van der Waals surface area contributed by atoms with Crippen molar-refractivity contribution < 1.29 is 28.5 Å². The standard InChI is InChI=1S/C19H21N2.HI/c1-15-16(2)21(14-17-10-6-4-7-11-17)19(20(15)3)18-12-8-5-9-13-18;/h4-13H,14H2,1-3H3;1H/q+1;/p-1. The van der Waals surface area contributed by atoms with E-state index in [-0.39, 0.29) is 24.0 Å². The number of hydrogen-bond acceptors (Lipinski definition) is 0. The second-order valence-corrected chi connectivity index (χ2v) is 5.49. The summed E-state index contributed by atoms with van der Waals surface area (Å²) in [5, 5.41) is 0. The number of aromatic nitrogens is 2. The van der Waals surface area contributed by atoms with Crippen molar-refractivity contribution in [3.8, 4) is 11.4 Å². The minimum atomic E-state index is 0. The third-order valence-corrected chi connectivity index (χ3v) is 4.22. The van der Waals surface area contributed by atoms with E-state index in [1.54, 1.807) is 0 Å². The predicted molar refractivity (Wildman–Crippen MR) is 86.1 cm³/mol. The topological polar surface area (TPSA) is 8.81 Å². The molecule has 1 heterocycles. The highest BCUT2D eigenvalue weighted by Crippen LogP contribution is 2.21. The first-order valence-electron chi connectivity index (χ1n) is 7.33. The third kappa shape index (κ3) is 3.09. The van der Waals surface area contributed by atoms with E-state index < -0.39 is 0 Å². The minimum Gasteiger partial charge on any atom is -1.00 e. The van der Waals surface area contributed by atoms with Gasteiger partial charge in [-0.2, -0.15) is 0 Å². The lowest BCUT2D eigenvalue weighted by Gasteiger charge is -2.05. The van der Waals surface area contributed by atoms with Crippen molar-refractivity contribution >= 4 is 0 Å². The van der Waals surface area contributed by atoms with Crippen LogP contribution in [0.15, 0.2) is 60.7 Å². The zero-order valence-electron chi connectivity index (χ0n) is 13.3. The van der Waals surface area contributed by atoms with Gasteiger partial charge in [-0.3, -0.25) is 0 Å². The van der Waals surface area contributed by atoms with E-state index in [2.05, 4.69) is 90.7 Å². The van der Waals surface area contributed by atoms with Crippen molar-refractivity contribution in [3.63, 3.8) is 0 Å². The fraction of sp³-hybridized carbons (Fsp3) is 0.211. The first-order valence-corrected chi connectivity index (χ1v) is 7.33. The van der Waals surface area contributed by atoms with Crippen molar-refractivity contribution in [1.82, 2.24) is 4.57 Å². The maximum atomic E-state index is 2.40. The molecule has 0 saturated carbocycles. The molecule has 0 unspecified atom stereocenters. The van der Waals surface area contributed by atoms with Gasteiger partial charge in [0.1, 0.15) is 17.9 Å². The van der Waals surface area contributed by atoms with Crippen LogP contribution in [-0.2, 0) is 13.6 Å². The maximum Gasteiger partial charge on any atom is 0.289 e. The van der Waals surface area contributed by atoms with Gasteiger partial charge in [0.15, 0.2) is 0 Å². The Morgan fingerprint density at radius 3 is 2.00 bits per heavy atom. The van der Waals surface area contributed by atoms with Gasteiger partial charge < -0.3 is 24.0 Å². The van der Waals surface area contributed by atoms with E-state index in [9.17, 15) is 0 Å². The molecule has 0 fully saturated rings. The molecule has 0 atom stereocenters. The molecule has 0 aliphatic heterocycles. The van der Waals surface area contributed by atoms with Crippen LogP contribution in [0.3, 0.4) is 0 Å². The molecule has 1 aromatic heterocycles. The van der Waals surface area contributed by atoms with E-state index in [1.807, 2.05) is 0 Å². The number of hydrogen-bond donors (Lipinski definition) is 0. The molecule has 3 heteroatoms. The zero-order valence-corrected chi connectivity index (χ0v) is 15.4. The van der Waals surface area contributed by atoms with Crippen LogP contribution in [0, 0.1) is 13.8 Å². The minimum absolute atomic E-state index is 0. The molecule has 22 heavy (non-hydrogen) atoms. The molecule has 0 N–H and O–H groups in total. The Morgan fingerprint density at radius 2 is 1.41 bits per heavy atom. The third-order valence-electron chi connectivity index (χ3n) is 4.22.